The normalized spacial score (nSPS) is 11.8. The van der Waals surface area contributed by atoms with Crippen LogP contribution >= 0.6 is 15.9 Å². The third-order valence-electron chi connectivity index (χ3n) is 3.48. The van der Waals surface area contributed by atoms with E-state index in [0.29, 0.717) is 0 Å². The van der Waals surface area contributed by atoms with Gasteiger partial charge in [-0.25, -0.2) is 4.98 Å². The van der Waals surface area contributed by atoms with Gasteiger partial charge < -0.3 is 4.57 Å². The molecule has 0 spiro atoms. The summed E-state index contributed by atoms with van der Waals surface area (Å²) < 4.78 is 3.04. The van der Waals surface area contributed by atoms with E-state index in [2.05, 4.69) is 70.5 Å². The van der Waals surface area contributed by atoms with Crippen LogP contribution in [0.1, 0.15) is 37.6 Å². The Morgan fingerprint density at radius 2 is 1.74 bits per heavy atom. The van der Waals surface area contributed by atoms with Gasteiger partial charge in [-0.1, -0.05) is 45.0 Å². The molecule has 0 saturated carbocycles. The summed E-state index contributed by atoms with van der Waals surface area (Å²) in [5.74, 6) is 0. The van der Waals surface area contributed by atoms with Gasteiger partial charge in [-0.15, -0.1) is 0 Å². The molecule has 19 heavy (non-hydrogen) atoms. The predicted octanol–water partition coefficient (Wildman–Crippen LogP) is 4.27. The lowest BCUT2D eigenvalue weighted by atomic mass is 9.86. The summed E-state index contributed by atoms with van der Waals surface area (Å²) in [6.45, 7) is 6.73. The molecular weight excluding hydrogens is 300 g/mol. The first-order chi connectivity index (χ1) is 8.88. The second kappa shape index (κ2) is 5.49. The highest BCUT2D eigenvalue weighted by Crippen LogP contribution is 2.23. The number of aryl methyl sites for hydroxylation is 2. The third kappa shape index (κ3) is 3.47. The van der Waals surface area contributed by atoms with Gasteiger partial charge in [0.15, 0.2) is 0 Å². The lowest BCUT2D eigenvalue weighted by Gasteiger charge is -2.19. The van der Waals surface area contributed by atoms with Gasteiger partial charge in [0.05, 0.1) is 12.0 Å². The standard InChI is InChI=1S/C16H21BrN2/c1-16(2,3)13-8-5-12(6-9-13)7-10-14-15(17)18-11-19(14)4/h5-6,8-9,11H,7,10H2,1-4H3. The van der Waals surface area contributed by atoms with E-state index in [9.17, 15) is 0 Å². The summed E-state index contributed by atoms with van der Waals surface area (Å²) in [4.78, 5) is 4.25. The minimum atomic E-state index is 0.226. The van der Waals surface area contributed by atoms with E-state index in [-0.39, 0.29) is 5.41 Å². The van der Waals surface area contributed by atoms with Crippen LogP contribution < -0.4 is 0 Å². The fraction of sp³-hybridized carbons (Fsp3) is 0.438. The lowest BCUT2D eigenvalue weighted by Crippen LogP contribution is -2.10. The minimum Gasteiger partial charge on any atom is -0.337 e. The number of hydrogen-bond donors (Lipinski definition) is 0. The molecule has 102 valence electrons. The highest BCUT2D eigenvalue weighted by Gasteiger charge is 2.13. The zero-order valence-electron chi connectivity index (χ0n) is 12.1. The van der Waals surface area contributed by atoms with Gasteiger partial charge in [0.2, 0.25) is 0 Å². The molecule has 3 heteroatoms. The van der Waals surface area contributed by atoms with Crippen LogP contribution in [0.5, 0.6) is 0 Å². The fourth-order valence-corrected chi connectivity index (χ4v) is 2.71. The second-order valence-electron chi connectivity index (χ2n) is 6.04. The van der Waals surface area contributed by atoms with E-state index in [1.165, 1.54) is 16.8 Å². The van der Waals surface area contributed by atoms with Gasteiger partial charge in [-0.2, -0.15) is 0 Å². The van der Waals surface area contributed by atoms with Crippen LogP contribution in [0, 0.1) is 0 Å². The van der Waals surface area contributed by atoms with Gasteiger partial charge in [0, 0.05) is 7.05 Å². The van der Waals surface area contributed by atoms with Crippen LogP contribution in [0.25, 0.3) is 0 Å². The Bertz CT molecular complexity index is 528. The number of aromatic nitrogens is 2. The highest BCUT2D eigenvalue weighted by molar-refractivity contribution is 9.10. The van der Waals surface area contributed by atoms with Crippen LogP contribution in [-0.4, -0.2) is 9.55 Å². The monoisotopic (exact) mass is 320 g/mol. The molecule has 0 aliphatic heterocycles. The van der Waals surface area contributed by atoms with Crippen molar-refractivity contribution in [1.29, 1.82) is 0 Å². The van der Waals surface area contributed by atoms with Gasteiger partial charge in [0.1, 0.15) is 4.60 Å². The van der Waals surface area contributed by atoms with E-state index in [0.717, 1.165) is 17.4 Å². The average Bonchev–Trinajstić information content (AvgIpc) is 2.66. The van der Waals surface area contributed by atoms with Gasteiger partial charge in [-0.05, 0) is 45.3 Å². The fourth-order valence-electron chi connectivity index (χ4n) is 2.14. The molecule has 2 aromatic rings. The molecule has 0 radical (unpaired) electrons. The summed E-state index contributed by atoms with van der Waals surface area (Å²) >= 11 is 3.50. The number of hydrogen-bond acceptors (Lipinski definition) is 1. The van der Waals surface area contributed by atoms with Gasteiger partial charge in [-0.3, -0.25) is 0 Å². The van der Waals surface area contributed by atoms with Crippen molar-refractivity contribution < 1.29 is 0 Å². The smallest absolute Gasteiger partial charge is 0.127 e. The van der Waals surface area contributed by atoms with Crippen molar-refractivity contribution >= 4 is 15.9 Å². The maximum absolute atomic E-state index is 4.25. The van der Waals surface area contributed by atoms with Crippen LogP contribution in [0.4, 0.5) is 0 Å². The van der Waals surface area contributed by atoms with Crippen molar-refractivity contribution in [2.24, 2.45) is 7.05 Å². The summed E-state index contributed by atoms with van der Waals surface area (Å²) in [6.07, 6.45) is 3.90. The minimum absolute atomic E-state index is 0.226. The molecule has 1 aromatic carbocycles. The van der Waals surface area contributed by atoms with Crippen LogP contribution in [0.15, 0.2) is 35.2 Å². The molecule has 0 unspecified atom stereocenters. The molecule has 0 aliphatic carbocycles. The van der Waals surface area contributed by atoms with E-state index in [4.69, 9.17) is 0 Å². The number of halogens is 1. The number of nitrogens with zero attached hydrogens (tertiary/aromatic N) is 2. The molecule has 0 amide bonds. The summed E-state index contributed by atoms with van der Waals surface area (Å²) in [6, 6.07) is 8.97. The maximum atomic E-state index is 4.25. The molecular formula is C16H21BrN2. The number of benzene rings is 1. The summed E-state index contributed by atoms with van der Waals surface area (Å²) in [5.41, 5.74) is 4.24. The van der Waals surface area contributed by atoms with E-state index in [1.807, 2.05) is 13.4 Å². The van der Waals surface area contributed by atoms with Crippen LogP contribution in [0.3, 0.4) is 0 Å². The lowest BCUT2D eigenvalue weighted by molar-refractivity contribution is 0.590. The first-order valence-corrected chi connectivity index (χ1v) is 7.42. The number of imidazole rings is 1. The maximum Gasteiger partial charge on any atom is 0.127 e. The average molecular weight is 321 g/mol. The molecule has 2 rings (SSSR count). The van der Waals surface area contributed by atoms with Crippen molar-refractivity contribution in [2.45, 2.75) is 39.0 Å². The van der Waals surface area contributed by atoms with E-state index < -0.39 is 0 Å². The van der Waals surface area contributed by atoms with Gasteiger partial charge >= 0.3 is 0 Å². The Hall–Kier alpha value is -1.09. The Morgan fingerprint density at radius 1 is 1.11 bits per heavy atom. The Labute approximate surface area is 124 Å². The molecule has 1 aromatic heterocycles. The SMILES string of the molecule is Cn1cnc(Br)c1CCc1ccc(C(C)(C)C)cc1. The van der Waals surface area contributed by atoms with Crippen molar-refractivity contribution in [2.75, 3.05) is 0 Å². The number of rotatable bonds is 3. The third-order valence-corrected chi connectivity index (χ3v) is 4.14. The molecule has 0 saturated heterocycles. The van der Waals surface area contributed by atoms with Crippen molar-refractivity contribution in [3.05, 3.63) is 52.0 Å². The van der Waals surface area contributed by atoms with Crippen molar-refractivity contribution in [3.63, 3.8) is 0 Å². The second-order valence-corrected chi connectivity index (χ2v) is 6.79. The Kier molecular flexibility index (Phi) is 4.14. The quantitative estimate of drug-likeness (QED) is 0.826. The molecule has 0 atom stereocenters. The largest absolute Gasteiger partial charge is 0.337 e. The van der Waals surface area contributed by atoms with E-state index in [1.54, 1.807) is 0 Å². The van der Waals surface area contributed by atoms with Crippen molar-refractivity contribution in [3.8, 4) is 0 Å². The predicted molar refractivity (Wildman–Crippen MR) is 83.5 cm³/mol. The van der Waals surface area contributed by atoms with Gasteiger partial charge in [0.25, 0.3) is 0 Å². The highest BCUT2D eigenvalue weighted by atomic mass is 79.9. The zero-order chi connectivity index (χ0) is 14.0. The molecule has 0 aliphatic rings. The van der Waals surface area contributed by atoms with E-state index >= 15 is 0 Å². The van der Waals surface area contributed by atoms with Crippen LogP contribution in [-0.2, 0) is 25.3 Å². The Morgan fingerprint density at radius 3 is 2.21 bits per heavy atom. The summed E-state index contributed by atoms with van der Waals surface area (Å²) in [7, 11) is 2.04. The first kappa shape index (κ1) is 14.3. The molecule has 2 nitrogen and oxygen atoms in total. The zero-order valence-corrected chi connectivity index (χ0v) is 13.7. The topological polar surface area (TPSA) is 17.8 Å². The summed E-state index contributed by atoms with van der Waals surface area (Å²) in [5, 5.41) is 0. The molecule has 1 heterocycles. The Balaban J connectivity index is 2.05. The molecule has 0 fully saturated rings. The van der Waals surface area contributed by atoms with Crippen LogP contribution in [0.2, 0.25) is 0 Å². The van der Waals surface area contributed by atoms with Crippen molar-refractivity contribution in [1.82, 2.24) is 9.55 Å². The molecule has 0 bridgehead atoms. The molecule has 0 N–H and O–H groups in total. The first-order valence-electron chi connectivity index (χ1n) is 6.63.